The van der Waals surface area contributed by atoms with Crippen molar-refractivity contribution in [2.45, 2.75) is 31.7 Å². The number of halogens is 1. The van der Waals surface area contributed by atoms with Crippen molar-refractivity contribution in [1.82, 2.24) is 15.5 Å². The maximum Gasteiger partial charge on any atom is 0.191 e. The maximum absolute atomic E-state index is 13.5. The molecule has 0 saturated heterocycles. The highest BCUT2D eigenvalue weighted by Gasteiger charge is 2.11. The summed E-state index contributed by atoms with van der Waals surface area (Å²) in [4.78, 5) is 6.43. The minimum absolute atomic E-state index is 0.138. The molecule has 1 rings (SSSR count). The molecule has 1 aromatic rings. The molecule has 0 fully saturated rings. The van der Waals surface area contributed by atoms with Crippen molar-refractivity contribution in [3.63, 3.8) is 0 Å². The summed E-state index contributed by atoms with van der Waals surface area (Å²) >= 11 is 1.68. The second-order valence-corrected chi connectivity index (χ2v) is 7.19. The van der Waals surface area contributed by atoms with Gasteiger partial charge in [0.05, 0.1) is 6.10 Å². The summed E-state index contributed by atoms with van der Waals surface area (Å²) < 4.78 is 19.3. The van der Waals surface area contributed by atoms with Crippen LogP contribution < -0.4 is 10.6 Å². The fourth-order valence-corrected chi connectivity index (χ4v) is 3.13. The smallest absolute Gasteiger partial charge is 0.191 e. The van der Waals surface area contributed by atoms with Gasteiger partial charge in [0.1, 0.15) is 5.82 Å². The van der Waals surface area contributed by atoms with Crippen LogP contribution in [0.15, 0.2) is 23.2 Å². The highest BCUT2D eigenvalue weighted by atomic mass is 32.2. The van der Waals surface area contributed by atoms with Crippen molar-refractivity contribution in [1.29, 1.82) is 0 Å². The number of hydrogen-bond donors (Lipinski definition) is 2. The van der Waals surface area contributed by atoms with Gasteiger partial charge < -0.3 is 20.3 Å². The fraction of sp³-hybridized carbons (Fsp3) is 0.632. The van der Waals surface area contributed by atoms with E-state index in [1.54, 1.807) is 24.9 Å². The maximum atomic E-state index is 13.5. The van der Waals surface area contributed by atoms with Crippen LogP contribution in [0.5, 0.6) is 0 Å². The van der Waals surface area contributed by atoms with Crippen molar-refractivity contribution < 1.29 is 9.13 Å². The minimum Gasteiger partial charge on any atom is -0.377 e. The Labute approximate surface area is 161 Å². The summed E-state index contributed by atoms with van der Waals surface area (Å²) in [6, 6.07) is 4.95. The van der Waals surface area contributed by atoms with E-state index in [0.717, 1.165) is 35.8 Å². The zero-order chi connectivity index (χ0) is 19.4. The fourth-order valence-electron chi connectivity index (χ4n) is 2.55. The van der Waals surface area contributed by atoms with E-state index in [4.69, 9.17) is 4.74 Å². The first-order valence-corrected chi connectivity index (χ1v) is 10.4. The zero-order valence-corrected chi connectivity index (χ0v) is 17.5. The first-order chi connectivity index (χ1) is 12.5. The number of aliphatic imine (C=N–C) groups is 1. The van der Waals surface area contributed by atoms with Crippen molar-refractivity contribution in [2.24, 2.45) is 4.99 Å². The first kappa shape index (κ1) is 22.7. The van der Waals surface area contributed by atoms with Gasteiger partial charge in [-0.25, -0.2) is 4.39 Å². The van der Waals surface area contributed by atoms with Gasteiger partial charge in [0.15, 0.2) is 5.96 Å². The van der Waals surface area contributed by atoms with Crippen LogP contribution in [0.3, 0.4) is 0 Å². The predicted octanol–water partition coefficient (Wildman–Crippen LogP) is 2.71. The summed E-state index contributed by atoms with van der Waals surface area (Å²) in [6.45, 7) is 4.98. The van der Waals surface area contributed by atoms with Crippen LogP contribution in [0, 0.1) is 5.82 Å². The van der Waals surface area contributed by atoms with E-state index in [0.29, 0.717) is 19.7 Å². The quantitative estimate of drug-likeness (QED) is 0.454. The molecular formula is C19H33FN4OS. The van der Waals surface area contributed by atoms with E-state index in [9.17, 15) is 4.39 Å². The molecule has 0 radical (unpaired) electrons. The molecule has 0 bridgehead atoms. The largest absolute Gasteiger partial charge is 0.377 e. The molecule has 0 aromatic heterocycles. The highest BCUT2D eigenvalue weighted by molar-refractivity contribution is 7.97. The average molecular weight is 385 g/mol. The molecule has 0 aliphatic heterocycles. The topological polar surface area (TPSA) is 48.9 Å². The van der Waals surface area contributed by atoms with Gasteiger partial charge in [0, 0.05) is 39.0 Å². The normalized spacial score (nSPS) is 13.1. The number of nitrogens with one attached hydrogen (secondary N) is 2. The Hall–Kier alpha value is -1.31. The molecule has 0 heterocycles. The summed E-state index contributed by atoms with van der Waals surface area (Å²) in [5, 5.41) is 6.63. The Balaban J connectivity index is 2.56. The molecule has 0 aliphatic carbocycles. The molecule has 1 unspecified atom stereocenters. The summed E-state index contributed by atoms with van der Waals surface area (Å²) in [6.07, 6.45) is 3.11. The summed E-state index contributed by atoms with van der Waals surface area (Å²) in [5.74, 6) is 1.32. The summed E-state index contributed by atoms with van der Waals surface area (Å²) in [5.41, 5.74) is 2.09. The Morgan fingerprint density at radius 3 is 2.69 bits per heavy atom. The average Bonchev–Trinajstić information content (AvgIpc) is 2.61. The SMILES string of the molecule is CCOC(CCN(C)C)CNC(=NC)NCc1ccc(F)cc1CSC. The van der Waals surface area contributed by atoms with Crippen LogP contribution in [0.1, 0.15) is 24.5 Å². The molecular weight excluding hydrogens is 351 g/mol. The van der Waals surface area contributed by atoms with Gasteiger partial charge in [-0.3, -0.25) is 4.99 Å². The van der Waals surface area contributed by atoms with Crippen LogP contribution in [0.2, 0.25) is 0 Å². The van der Waals surface area contributed by atoms with Crippen LogP contribution in [-0.2, 0) is 17.0 Å². The lowest BCUT2D eigenvalue weighted by molar-refractivity contribution is 0.0548. The van der Waals surface area contributed by atoms with Crippen LogP contribution >= 0.6 is 11.8 Å². The lowest BCUT2D eigenvalue weighted by Gasteiger charge is -2.21. The number of ether oxygens (including phenoxy) is 1. The molecule has 0 aliphatic rings. The predicted molar refractivity (Wildman–Crippen MR) is 110 cm³/mol. The van der Waals surface area contributed by atoms with E-state index >= 15 is 0 Å². The summed E-state index contributed by atoms with van der Waals surface area (Å²) in [7, 11) is 5.87. The molecule has 1 atom stereocenters. The first-order valence-electron chi connectivity index (χ1n) is 8.97. The van der Waals surface area contributed by atoms with Gasteiger partial charge in [0.2, 0.25) is 0 Å². The highest BCUT2D eigenvalue weighted by Crippen LogP contribution is 2.16. The number of benzene rings is 1. The number of guanidine groups is 1. The molecule has 1 aromatic carbocycles. The van der Waals surface area contributed by atoms with Gasteiger partial charge in [-0.2, -0.15) is 11.8 Å². The third-order valence-corrected chi connectivity index (χ3v) is 4.54. The Morgan fingerprint density at radius 1 is 1.31 bits per heavy atom. The minimum atomic E-state index is -0.194. The Kier molecular flexibility index (Phi) is 11.3. The van der Waals surface area contributed by atoms with Crippen molar-refractivity contribution in [3.05, 3.63) is 35.1 Å². The number of hydrogen-bond acceptors (Lipinski definition) is 4. The van der Waals surface area contributed by atoms with E-state index in [1.165, 1.54) is 6.07 Å². The molecule has 5 nitrogen and oxygen atoms in total. The van der Waals surface area contributed by atoms with E-state index in [2.05, 4.69) is 34.6 Å². The standard InChI is InChI=1S/C19H33FN4OS/c1-6-25-18(9-10-24(3)4)13-23-19(21-2)22-12-15-7-8-17(20)11-16(15)14-26-5/h7-8,11,18H,6,9-10,12-14H2,1-5H3,(H2,21,22,23). The molecule has 26 heavy (non-hydrogen) atoms. The van der Waals surface area contributed by atoms with E-state index < -0.39 is 0 Å². The number of nitrogens with zero attached hydrogens (tertiary/aromatic N) is 2. The molecule has 0 saturated carbocycles. The van der Waals surface area contributed by atoms with Gasteiger partial charge in [0.25, 0.3) is 0 Å². The molecule has 0 amide bonds. The monoisotopic (exact) mass is 384 g/mol. The molecule has 7 heteroatoms. The van der Waals surface area contributed by atoms with E-state index in [-0.39, 0.29) is 11.9 Å². The zero-order valence-electron chi connectivity index (χ0n) is 16.6. The molecule has 2 N–H and O–H groups in total. The third-order valence-electron chi connectivity index (χ3n) is 3.94. The number of thioether (sulfide) groups is 1. The van der Waals surface area contributed by atoms with Gasteiger partial charge in [-0.1, -0.05) is 6.07 Å². The van der Waals surface area contributed by atoms with Crippen LogP contribution in [0.25, 0.3) is 0 Å². The van der Waals surface area contributed by atoms with Gasteiger partial charge in [-0.15, -0.1) is 0 Å². The van der Waals surface area contributed by atoms with Crippen LogP contribution in [-0.4, -0.2) is 64.1 Å². The lowest BCUT2D eigenvalue weighted by Crippen LogP contribution is -2.42. The Morgan fingerprint density at radius 2 is 2.08 bits per heavy atom. The Bertz CT molecular complexity index is 554. The van der Waals surface area contributed by atoms with Crippen molar-refractivity contribution >= 4 is 17.7 Å². The van der Waals surface area contributed by atoms with Crippen LogP contribution in [0.4, 0.5) is 4.39 Å². The molecule has 148 valence electrons. The van der Waals surface area contributed by atoms with E-state index in [1.807, 2.05) is 19.2 Å². The number of rotatable bonds is 11. The third kappa shape index (κ3) is 8.87. The second-order valence-electron chi connectivity index (χ2n) is 6.32. The second kappa shape index (κ2) is 12.9. The van der Waals surface area contributed by atoms with Crippen molar-refractivity contribution in [3.8, 4) is 0 Å². The van der Waals surface area contributed by atoms with Gasteiger partial charge >= 0.3 is 0 Å². The van der Waals surface area contributed by atoms with Crippen molar-refractivity contribution in [2.75, 3.05) is 47.1 Å². The lowest BCUT2D eigenvalue weighted by atomic mass is 10.1. The van der Waals surface area contributed by atoms with Gasteiger partial charge in [-0.05, 0) is 57.0 Å². The molecule has 0 spiro atoms.